The minimum absolute atomic E-state index is 0.573. The van der Waals surface area contributed by atoms with Crippen molar-refractivity contribution in [2.45, 2.75) is 55.1 Å². The van der Waals surface area contributed by atoms with Crippen LogP contribution in [0.25, 0.3) is 0 Å². The number of hydrogen-bond acceptors (Lipinski definition) is 8. The van der Waals surface area contributed by atoms with Gasteiger partial charge in [0.05, 0.1) is 41.3 Å². The van der Waals surface area contributed by atoms with Crippen LogP contribution in [-0.4, -0.2) is 72.9 Å². The number of hydrogen-bond donors (Lipinski definition) is 3. The molecule has 2 atom stereocenters. The van der Waals surface area contributed by atoms with Gasteiger partial charge in [0, 0.05) is 12.8 Å². The Balaban J connectivity index is 2.89. The number of rotatable bonds is 11. The van der Waals surface area contributed by atoms with E-state index >= 15 is 0 Å². The van der Waals surface area contributed by atoms with E-state index in [1.807, 2.05) is 0 Å². The third-order valence-electron chi connectivity index (χ3n) is 3.99. The van der Waals surface area contributed by atoms with Crippen molar-refractivity contribution in [1.82, 2.24) is 0 Å². The van der Waals surface area contributed by atoms with E-state index in [0.717, 1.165) is 6.07 Å². The quantitative estimate of drug-likeness (QED) is 0.225. The maximum absolute atomic E-state index is 12.2. The van der Waals surface area contributed by atoms with Gasteiger partial charge in [-0.2, -0.15) is 34.8 Å². The summed E-state index contributed by atoms with van der Waals surface area (Å²) in [7, 11) is -4.98. The second-order valence-electron chi connectivity index (χ2n) is 7.02. The maximum Gasteiger partial charge on any atom is 0.391 e. The van der Waals surface area contributed by atoms with Crippen molar-refractivity contribution in [2.75, 3.05) is 13.2 Å². The van der Waals surface area contributed by atoms with Crippen LogP contribution in [0.4, 0.5) is 26.3 Å². The Kier molecular flexibility index (Phi) is 10.3. The average molecular weight is 526 g/mol. The number of carbonyl (C=O) groups excluding carboxylic acids is 2. The molecule has 0 heterocycles. The summed E-state index contributed by atoms with van der Waals surface area (Å²) in [6.45, 7) is -1.61. The number of aliphatic hydroxyl groups is 2. The predicted molar refractivity (Wildman–Crippen MR) is 99.4 cm³/mol. The predicted octanol–water partition coefficient (Wildman–Crippen LogP) is 2.65. The Morgan fingerprint density at radius 1 is 0.853 bits per heavy atom. The first-order chi connectivity index (χ1) is 15.4. The third-order valence-corrected chi connectivity index (χ3v) is 4.83. The fraction of sp³-hybridized carbons (Fsp3) is 0.556. The molecule has 1 aromatic rings. The Hall–Kier alpha value is -2.43. The zero-order valence-electron chi connectivity index (χ0n) is 17.1. The summed E-state index contributed by atoms with van der Waals surface area (Å²) in [5.41, 5.74) is -1.31. The first-order valence-electron chi connectivity index (χ1n) is 9.34. The number of carbonyl (C=O) groups is 2. The number of halogens is 6. The van der Waals surface area contributed by atoms with Crippen LogP contribution < -0.4 is 0 Å². The molecule has 0 bridgehead atoms. The molecular formula is C18H20F6O9S. The summed E-state index contributed by atoms with van der Waals surface area (Å²) in [6, 6.07) is 1.88. The molecule has 0 aromatic heterocycles. The van der Waals surface area contributed by atoms with Crippen molar-refractivity contribution in [2.24, 2.45) is 0 Å². The molecule has 194 valence electrons. The highest BCUT2D eigenvalue weighted by Crippen LogP contribution is 2.24. The zero-order valence-corrected chi connectivity index (χ0v) is 17.9. The van der Waals surface area contributed by atoms with Crippen molar-refractivity contribution in [3.8, 4) is 0 Å². The minimum atomic E-state index is -4.98. The van der Waals surface area contributed by atoms with E-state index in [1.165, 1.54) is 0 Å². The van der Waals surface area contributed by atoms with E-state index in [-0.39, 0.29) is 0 Å². The van der Waals surface area contributed by atoms with E-state index in [0.29, 0.717) is 12.1 Å². The van der Waals surface area contributed by atoms with Crippen LogP contribution in [0.15, 0.2) is 23.1 Å². The highest BCUT2D eigenvalue weighted by Gasteiger charge is 2.31. The fourth-order valence-electron chi connectivity index (χ4n) is 2.39. The van der Waals surface area contributed by atoms with Crippen molar-refractivity contribution in [1.29, 1.82) is 0 Å². The van der Waals surface area contributed by atoms with Crippen LogP contribution >= 0.6 is 0 Å². The maximum atomic E-state index is 12.2. The molecule has 0 radical (unpaired) electrons. The van der Waals surface area contributed by atoms with E-state index < -0.39 is 102 Å². The highest BCUT2D eigenvalue weighted by molar-refractivity contribution is 7.85. The van der Waals surface area contributed by atoms with Crippen molar-refractivity contribution in [3.63, 3.8) is 0 Å². The smallest absolute Gasteiger partial charge is 0.391 e. The zero-order chi connectivity index (χ0) is 26.3. The van der Waals surface area contributed by atoms with Gasteiger partial charge >= 0.3 is 24.3 Å². The van der Waals surface area contributed by atoms with Gasteiger partial charge in [-0.25, -0.2) is 9.59 Å². The molecule has 0 aliphatic rings. The Labute approximate surface area is 189 Å². The van der Waals surface area contributed by atoms with Crippen LogP contribution in [0.1, 0.15) is 46.4 Å². The molecule has 2 unspecified atom stereocenters. The molecule has 0 aliphatic carbocycles. The van der Waals surface area contributed by atoms with Gasteiger partial charge in [0.2, 0.25) is 0 Å². The summed E-state index contributed by atoms with van der Waals surface area (Å²) < 4.78 is 114. The highest BCUT2D eigenvalue weighted by atomic mass is 32.2. The fourth-order valence-corrected chi connectivity index (χ4v) is 2.94. The molecule has 0 aliphatic heterocycles. The van der Waals surface area contributed by atoms with Gasteiger partial charge in [-0.05, 0) is 24.6 Å². The molecule has 9 nitrogen and oxygen atoms in total. The van der Waals surface area contributed by atoms with Crippen LogP contribution in [-0.2, 0) is 19.6 Å². The first kappa shape index (κ1) is 29.6. The lowest BCUT2D eigenvalue weighted by molar-refractivity contribution is -0.154. The van der Waals surface area contributed by atoms with E-state index in [2.05, 4.69) is 9.47 Å². The van der Waals surface area contributed by atoms with Gasteiger partial charge < -0.3 is 19.7 Å². The molecule has 3 N–H and O–H groups in total. The molecule has 0 saturated carbocycles. The molecular weight excluding hydrogens is 506 g/mol. The summed E-state index contributed by atoms with van der Waals surface area (Å²) in [5, 5.41) is 18.7. The van der Waals surface area contributed by atoms with Crippen LogP contribution in [0.3, 0.4) is 0 Å². The van der Waals surface area contributed by atoms with Gasteiger partial charge in [-0.1, -0.05) is 0 Å². The SMILES string of the molecule is O=C(OCCC(O)CC(F)(F)F)c1cc(C(=O)OCC(O)CCC(F)(F)F)cc(S(=O)(=O)O)c1. The van der Waals surface area contributed by atoms with Crippen molar-refractivity contribution >= 4 is 22.1 Å². The molecule has 0 amide bonds. The second kappa shape index (κ2) is 11.8. The summed E-state index contributed by atoms with van der Waals surface area (Å²) in [5.74, 6) is -2.70. The van der Waals surface area contributed by atoms with Crippen LogP contribution in [0.2, 0.25) is 0 Å². The third kappa shape index (κ3) is 11.6. The minimum Gasteiger partial charge on any atom is -0.462 e. The number of alkyl halides is 6. The van der Waals surface area contributed by atoms with Crippen molar-refractivity contribution < 1.29 is 68.6 Å². The summed E-state index contributed by atoms with van der Waals surface area (Å²) in [6.07, 6.45) is -17.1. The number of aliphatic hydroxyl groups excluding tert-OH is 2. The van der Waals surface area contributed by atoms with Crippen molar-refractivity contribution in [3.05, 3.63) is 29.3 Å². The topological polar surface area (TPSA) is 147 Å². The summed E-state index contributed by atoms with van der Waals surface area (Å²) >= 11 is 0. The summed E-state index contributed by atoms with van der Waals surface area (Å²) in [4.78, 5) is 23.3. The number of esters is 2. The standard InChI is InChI=1S/C18H20F6O9S/c19-17(20,21)3-1-13(26)9-33-16(28)11-5-10(6-14(7-11)34(29,30)31)15(27)32-4-2-12(25)8-18(22,23)24/h5-7,12-13,25-26H,1-4,8-9H2,(H,29,30,31). The van der Waals surface area contributed by atoms with E-state index in [4.69, 9.17) is 0 Å². The van der Waals surface area contributed by atoms with Gasteiger partial charge in [0.25, 0.3) is 10.1 Å². The molecule has 0 fully saturated rings. The van der Waals surface area contributed by atoms with Crippen LogP contribution in [0, 0.1) is 0 Å². The normalized spacial score (nSPS) is 14.4. The molecule has 0 saturated heterocycles. The molecule has 0 spiro atoms. The molecule has 1 aromatic carbocycles. The van der Waals surface area contributed by atoms with Gasteiger partial charge in [0.15, 0.2) is 0 Å². The largest absolute Gasteiger partial charge is 0.462 e. The van der Waals surface area contributed by atoms with E-state index in [9.17, 15) is 59.1 Å². The Morgan fingerprint density at radius 2 is 1.38 bits per heavy atom. The molecule has 34 heavy (non-hydrogen) atoms. The van der Waals surface area contributed by atoms with E-state index in [1.54, 1.807) is 0 Å². The first-order valence-corrected chi connectivity index (χ1v) is 10.8. The van der Waals surface area contributed by atoms with Crippen LogP contribution in [0.5, 0.6) is 0 Å². The average Bonchev–Trinajstić information content (AvgIpc) is 2.67. The monoisotopic (exact) mass is 526 g/mol. The second-order valence-corrected chi connectivity index (χ2v) is 8.45. The van der Waals surface area contributed by atoms with Gasteiger partial charge in [-0.15, -0.1) is 0 Å². The Bertz CT molecular complexity index is 960. The number of ether oxygens (including phenoxy) is 2. The Morgan fingerprint density at radius 3 is 1.85 bits per heavy atom. The number of benzene rings is 1. The van der Waals surface area contributed by atoms with Gasteiger partial charge in [-0.3, -0.25) is 4.55 Å². The lowest BCUT2D eigenvalue weighted by atomic mass is 10.1. The molecule has 16 heteroatoms. The molecule has 1 rings (SSSR count). The van der Waals surface area contributed by atoms with Gasteiger partial charge in [0.1, 0.15) is 6.61 Å². The lowest BCUT2D eigenvalue weighted by Gasteiger charge is -2.14. The lowest BCUT2D eigenvalue weighted by Crippen LogP contribution is -2.22.